The lowest BCUT2D eigenvalue weighted by Gasteiger charge is -2.17. The van der Waals surface area contributed by atoms with Crippen LogP contribution in [-0.4, -0.2) is 26.6 Å². The van der Waals surface area contributed by atoms with Crippen LogP contribution < -0.4 is 0 Å². The molecule has 29 heavy (non-hydrogen) atoms. The molecule has 0 amide bonds. The predicted molar refractivity (Wildman–Crippen MR) is 115 cm³/mol. The second-order valence-corrected chi connectivity index (χ2v) is 10.0. The number of ketones is 1. The van der Waals surface area contributed by atoms with E-state index in [4.69, 9.17) is 0 Å². The monoisotopic (exact) mass is 395 g/mol. The van der Waals surface area contributed by atoms with Gasteiger partial charge in [0.2, 0.25) is 0 Å². The summed E-state index contributed by atoms with van der Waals surface area (Å²) < 4.78 is 0. The molecule has 4 nitrogen and oxygen atoms in total. The highest BCUT2D eigenvalue weighted by molar-refractivity contribution is 5.92. The molecule has 2 aliphatic rings. The van der Waals surface area contributed by atoms with E-state index in [2.05, 4.69) is 28.7 Å². The van der Waals surface area contributed by atoms with Gasteiger partial charge in [-0.05, 0) is 78.9 Å². The van der Waals surface area contributed by atoms with Crippen molar-refractivity contribution in [2.75, 3.05) is 0 Å². The average Bonchev–Trinajstić information content (AvgIpc) is 3.13. The molecule has 2 N–H and O–H groups in total. The number of hydrogen-bond acceptors (Lipinski definition) is 4. The Kier molecular flexibility index (Phi) is 6.63. The van der Waals surface area contributed by atoms with Crippen LogP contribution in [0.15, 0.2) is 18.3 Å². The maximum Gasteiger partial charge on any atom is 0.184 e. The summed E-state index contributed by atoms with van der Waals surface area (Å²) in [6.45, 7) is 12.0. The zero-order valence-corrected chi connectivity index (χ0v) is 18.5. The fourth-order valence-corrected chi connectivity index (χ4v) is 3.13. The lowest BCUT2D eigenvalue weighted by Crippen LogP contribution is -2.31. The molecular formula is C25H33NO3. The Morgan fingerprint density at radius 3 is 2.03 bits per heavy atom. The Hall–Kier alpha value is -2.14. The van der Waals surface area contributed by atoms with Crippen molar-refractivity contribution in [3.8, 4) is 23.7 Å². The molecule has 2 atom stereocenters. The van der Waals surface area contributed by atoms with Crippen LogP contribution in [-0.2, 0) is 16.8 Å². The standard InChI is InChI=1S/C14H17NO.C11H16O2/c1-13(2,3)8-9-14(16)7-6-11-5-4-10-15-12(11)14;1-10(2,3)7-8-11(13)6-4-5-9(11)12/h4-5,10,16H,6-7H2,1-3H3;13H,4-6H2,1-3H3. The van der Waals surface area contributed by atoms with Crippen molar-refractivity contribution in [3.05, 3.63) is 29.6 Å². The Morgan fingerprint density at radius 1 is 0.931 bits per heavy atom. The van der Waals surface area contributed by atoms with Crippen LogP contribution in [0.5, 0.6) is 0 Å². The van der Waals surface area contributed by atoms with Crippen molar-refractivity contribution in [2.45, 2.75) is 84.8 Å². The summed E-state index contributed by atoms with van der Waals surface area (Å²) in [5.74, 6) is 11.6. The molecule has 0 spiro atoms. The number of carbonyl (C=O) groups excluding carboxylic acids is 1. The van der Waals surface area contributed by atoms with Gasteiger partial charge in [-0.25, -0.2) is 0 Å². The normalized spacial score (nSPS) is 25.7. The minimum atomic E-state index is -1.34. The van der Waals surface area contributed by atoms with Gasteiger partial charge in [-0.3, -0.25) is 9.78 Å². The number of aliphatic hydroxyl groups is 2. The first kappa shape index (κ1) is 23.1. The molecule has 0 aliphatic heterocycles. The van der Waals surface area contributed by atoms with Crippen molar-refractivity contribution in [3.63, 3.8) is 0 Å². The highest BCUT2D eigenvalue weighted by Gasteiger charge is 2.38. The van der Waals surface area contributed by atoms with Gasteiger partial charge < -0.3 is 10.2 Å². The van der Waals surface area contributed by atoms with E-state index in [0.29, 0.717) is 19.3 Å². The summed E-state index contributed by atoms with van der Waals surface area (Å²) in [6.07, 6.45) is 4.95. The lowest BCUT2D eigenvalue weighted by atomic mass is 9.94. The van der Waals surface area contributed by atoms with Gasteiger partial charge in [0.1, 0.15) is 0 Å². The van der Waals surface area contributed by atoms with Gasteiger partial charge in [0.15, 0.2) is 17.0 Å². The lowest BCUT2D eigenvalue weighted by molar-refractivity contribution is -0.128. The van der Waals surface area contributed by atoms with E-state index < -0.39 is 11.2 Å². The summed E-state index contributed by atoms with van der Waals surface area (Å²) in [5, 5.41) is 20.3. The van der Waals surface area contributed by atoms with E-state index in [1.54, 1.807) is 6.20 Å². The predicted octanol–water partition coefficient (Wildman–Crippen LogP) is 3.78. The van der Waals surface area contributed by atoms with Crippen LogP contribution >= 0.6 is 0 Å². The molecule has 1 saturated carbocycles. The molecule has 0 saturated heterocycles. The SMILES string of the molecule is CC(C)(C)C#CC1(O)CCCC1=O.CC(C)(C)C#CC1(O)CCc2cccnc21. The Labute approximate surface area is 175 Å². The van der Waals surface area contributed by atoms with Gasteiger partial charge in [0.05, 0.1) is 5.69 Å². The number of fused-ring (bicyclic) bond motifs is 1. The Morgan fingerprint density at radius 2 is 1.52 bits per heavy atom. The zero-order chi connectivity index (χ0) is 21.9. The molecule has 3 rings (SSSR count). The number of aryl methyl sites for hydroxylation is 1. The summed E-state index contributed by atoms with van der Waals surface area (Å²) in [7, 11) is 0. The first-order valence-electron chi connectivity index (χ1n) is 10.3. The number of pyridine rings is 1. The second kappa shape index (κ2) is 8.31. The topological polar surface area (TPSA) is 70.4 Å². The molecule has 0 bridgehead atoms. The Bertz CT molecular complexity index is 883. The Balaban J connectivity index is 0.000000212. The maximum atomic E-state index is 11.3. The molecule has 0 radical (unpaired) electrons. The third-order valence-corrected chi connectivity index (χ3v) is 4.73. The molecule has 1 heterocycles. The molecule has 0 aromatic carbocycles. The van der Waals surface area contributed by atoms with E-state index in [-0.39, 0.29) is 16.6 Å². The molecule has 2 unspecified atom stereocenters. The second-order valence-electron chi connectivity index (χ2n) is 10.0. The van der Waals surface area contributed by atoms with Crippen molar-refractivity contribution < 1.29 is 15.0 Å². The zero-order valence-electron chi connectivity index (χ0n) is 18.5. The van der Waals surface area contributed by atoms with Gasteiger partial charge in [-0.15, -0.1) is 0 Å². The van der Waals surface area contributed by atoms with Gasteiger partial charge >= 0.3 is 0 Å². The van der Waals surface area contributed by atoms with Gasteiger partial charge in [0, 0.05) is 23.4 Å². The number of Topliss-reactive ketones (excluding diaryl/α,β-unsaturated/α-hetero) is 1. The molecule has 1 aromatic rings. The molecular weight excluding hydrogens is 362 g/mol. The van der Waals surface area contributed by atoms with E-state index in [0.717, 1.165) is 24.1 Å². The fourth-order valence-electron chi connectivity index (χ4n) is 3.13. The van der Waals surface area contributed by atoms with Crippen LogP contribution in [0.1, 0.15) is 78.5 Å². The van der Waals surface area contributed by atoms with Crippen LogP contribution in [0.25, 0.3) is 0 Å². The molecule has 2 aliphatic carbocycles. The first-order valence-corrected chi connectivity index (χ1v) is 10.3. The van der Waals surface area contributed by atoms with Crippen molar-refractivity contribution in [1.29, 1.82) is 0 Å². The number of aromatic nitrogens is 1. The quantitative estimate of drug-likeness (QED) is 0.656. The highest BCUT2D eigenvalue weighted by Crippen LogP contribution is 2.34. The summed E-state index contributed by atoms with van der Waals surface area (Å²) in [6, 6.07) is 3.92. The molecule has 1 fully saturated rings. The molecule has 1 aromatic heterocycles. The largest absolute Gasteiger partial charge is 0.372 e. The third-order valence-electron chi connectivity index (χ3n) is 4.73. The molecule has 156 valence electrons. The minimum Gasteiger partial charge on any atom is -0.372 e. The smallest absolute Gasteiger partial charge is 0.184 e. The van der Waals surface area contributed by atoms with E-state index >= 15 is 0 Å². The van der Waals surface area contributed by atoms with E-state index in [1.807, 2.05) is 53.7 Å². The van der Waals surface area contributed by atoms with Crippen molar-refractivity contribution in [2.24, 2.45) is 10.8 Å². The van der Waals surface area contributed by atoms with Crippen LogP contribution in [0.3, 0.4) is 0 Å². The summed E-state index contributed by atoms with van der Waals surface area (Å²) >= 11 is 0. The fraction of sp³-hybridized carbons (Fsp3) is 0.600. The van der Waals surface area contributed by atoms with Crippen LogP contribution in [0.4, 0.5) is 0 Å². The number of nitrogens with zero attached hydrogens (tertiary/aromatic N) is 1. The van der Waals surface area contributed by atoms with Crippen molar-refractivity contribution in [1.82, 2.24) is 4.98 Å². The number of hydrogen-bond donors (Lipinski definition) is 2. The van der Waals surface area contributed by atoms with Crippen LogP contribution in [0.2, 0.25) is 0 Å². The molecule has 4 heteroatoms. The van der Waals surface area contributed by atoms with Crippen LogP contribution in [0, 0.1) is 34.5 Å². The highest BCUT2D eigenvalue weighted by atomic mass is 16.3. The van der Waals surface area contributed by atoms with Gasteiger partial charge in [-0.2, -0.15) is 0 Å². The maximum absolute atomic E-state index is 11.3. The van der Waals surface area contributed by atoms with E-state index in [1.165, 1.54) is 0 Å². The average molecular weight is 396 g/mol. The number of carbonyl (C=O) groups is 1. The minimum absolute atomic E-state index is 0.0900. The van der Waals surface area contributed by atoms with E-state index in [9.17, 15) is 15.0 Å². The number of rotatable bonds is 0. The van der Waals surface area contributed by atoms with Gasteiger partial charge in [0.25, 0.3) is 0 Å². The summed E-state index contributed by atoms with van der Waals surface area (Å²) in [4.78, 5) is 15.5. The van der Waals surface area contributed by atoms with Crippen molar-refractivity contribution >= 4 is 5.78 Å². The first-order chi connectivity index (χ1) is 13.2. The third kappa shape index (κ3) is 6.43. The summed E-state index contributed by atoms with van der Waals surface area (Å²) in [5.41, 5.74) is -0.761. The van der Waals surface area contributed by atoms with Gasteiger partial charge in [-0.1, -0.05) is 29.7 Å².